The highest BCUT2D eigenvalue weighted by Gasteiger charge is 2.40. The number of carboxylic acids is 1. The predicted molar refractivity (Wildman–Crippen MR) is 102 cm³/mol. The molecule has 1 aliphatic rings. The minimum atomic E-state index is -2.38. The van der Waals surface area contributed by atoms with Gasteiger partial charge in [0.1, 0.15) is 6.10 Å². The van der Waals surface area contributed by atoms with Crippen LogP contribution in [0.2, 0.25) is 0 Å². The number of carboxylic acid groups (broad SMARTS) is 1. The second-order valence-corrected chi connectivity index (χ2v) is 7.97. The zero-order valence-electron chi connectivity index (χ0n) is 14.8. The van der Waals surface area contributed by atoms with Gasteiger partial charge in [-0.05, 0) is 28.2 Å². The Balaban J connectivity index is 1.60. The molecule has 6 nitrogen and oxygen atoms in total. The summed E-state index contributed by atoms with van der Waals surface area (Å²) < 4.78 is 17.8. The maximum Gasteiger partial charge on any atom is 0.511 e. The zero-order valence-corrected chi connectivity index (χ0v) is 15.7. The van der Waals surface area contributed by atoms with Crippen LogP contribution in [0.25, 0.3) is 0 Å². The van der Waals surface area contributed by atoms with Crippen molar-refractivity contribution in [3.63, 3.8) is 0 Å². The molecule has 0 aliphatic carbocycles. The van der Waals surface area contributed by atoms with E-state index in [1.54, 1.807) is 18.2 Å². The monoisotopic (exact) mass is 388 g/mol. The van der Waals surface area contributed by atoms with E-state index < -0.39 is 19.7 Å². The van der Waals surface area contributed by atoms with E-state index in [2.05, 4.69) is 5.32 Å². The van der Waals surface area contributed by atoms with Crippen molar-refractivity contribution in [2.45, 2.75) is 30.6 Å². The lowest BCUT2D eigenvalue weighted by Crippen LogP contribution is -2.51. The van der Waals surface area contributed by atoms with Crippen molar-refractivity contribution in [3.8, 4) is 0 Å². The summed E-state index contributed by atoms with van der Waals surface area (Å²) in [6.07, 6.45) is 0.652. The number of nitrogens with one attached hydrogen (secondary N) is 1. The van der Waals surface area contributed by atoms with Gasteiger partial charge in [-0.25, -0.2) is 4.79 Å². The summed E-state index contributed by atoms with van der Waals surface area (Å²) in [6.45, 7) is 0.826. The molecule has 1 fully saturated rings. The molecule has 3 rings (SSSR count). The first kappa shape index (κ1) is 19.6. The Morgan fingerprint density at radius 3 is 2.52 bits per heavy atom. The highest BCUT2D eigenvalue weighted by atomic mass is 31.1. The third kappa shape index (κ3) is 5.21. The van der Waals surface area contributed by atoms with Gasteiger partial charge in [0.15, 0.2) is 0 Å². The average molecular weight is 388 g/mol. The number of benzene rings is 2. The molecule has 1 saturated heterocycles. The first-order chi connectivity index (χ1) is 13.0. The fourth-order valence-corrected chi connectivity index (χ4v) is 4.24. The fraction of sp³-hybridized carbons (Fsp3) is 0.350. The lowest BCUT2D eigenvalue weighted by atomic mass is 9.99. The van der Waals surface area contributed by atoms with Crippen molar-refractivity contribution in [1.82, 2.24) is 5.32 Å². The van der Waals surface area contributed by atoms with Gasteiger partial charge in [0.25, 0.3) is 0 Å². The van der Waals surface area contributed by atoms with Crippen LogP contribution in [0.5, 0.6) is 0 Å². The van der Waals surface area contributed by atoms with Crippen LogP contribution >= 0.6 is 8.03 Å². The van der Waals surface area contributed by atoms with E-state index in [1.165, 1.54) is 0 Å². The van der Waals surface area contributed by atoms with Crippen LogP contribution in [0.15, 0.2) is 54.6 Å². The van der Waals surface area contributed by atoms with Crippen LogP contribution in [0, 0.1) is 0 Å². The molecule has 1 aliphatic heterocycles. The van der Waals surface area contributed by atoms with Crippen LogP contribution in [0.4, 0.5) is 0 Å². The van der Waals surface area contributed by atoms with E-state index in [0.29, 0.717) is 31.6 Å². The maximum atomic E-state index is 11.9. The number of rotatable bonds is 7. The molecule has 0 saturated carbocycles. The topological polar surface area (TPSA) is 95.9 Å². The van der Waals surface area contributed by atoms with Crippen LogP contribution in [0.3, 0.4) is 0 Å². The Morgan fingerprint density at radius 2 is 1.89 bits per heavy atom. The van der Waals surface area contributed by atoms with E-state index in [9.17, 15) is 19.4 Å². The van der Waals surface area contributed by atoms with Gasteiger partial charge in [0.05, 0.1) is 12.2 Å². The molecule has 0 bridgehead atoms. The molecule has 27 heavy (non-hydrogen) atoms. The van der Waals surface area contributed by atoms with Crippen molar-refractivity contribution in [3.05, 3.63) is 71.3 Å². The van der Waals surface area contributed by atoms with Crippen molar-refractivity contribution >= 4 is 14.0 Å². The lowest BCUT2D eigenvalue weighted by Gasteiger charge is -2.31. The molecule has 142 valence electrons. The molecule has 2 aromatic rings. The third-order valence-corrected chi connectivity index (χ3v) is 5.92. The van der Waals surface area contributed by atoms with Gasteiger partial charge in [-0.3, -0.25) is 0 Å². The van der Waals surface area contributed by atoms with E-state index >= 15 is 0 Å². The fourth-order valence-electron chi connectivity index (χ4n) is 3.40. The van der Waals surface area contributed by atoms with Crippen LogP contribution in [0.1, 0.15) is 21.5 Å². The van der Waals surface area contributed by atoms with E-state index in [4.69, 9.17) is 4.74 Å². The second kappa shape index (κ2) is 9.20. The molecule has 4 atom stereocenters. The predicted octanol–water partition coefficient (Wildman–Crippen LogP) is 2.63. The number of hydrogen-bond donors (Lipinski definition) is 3. The van der Waals surface area contributed by atoms with Crippen molar-refractivity contribution in [2.75, 3.05) is 13.2 Å². The summed E-state index contributed by atoms with van der Waals surface area (Å²) in [5.74, 6) is -0.944. The second-order valence-electron chi connectivity index (χ2n) is 6.70. The van der Waals surface area contributed by atoms with Crippen molar-refractivity contribution < 1.29 is 24.1 Å². The molecule has 0 aromatic heterocycles. The molecule has 1 heterocycles. The summed E-state index contributed by atoms with van der Waals surface area (Å²) in [4.78, 5) is 21.1. The van der Waals surface area contributed by atoms with Crippen LogP contribution in [-0.4, -0.2) is 46.9 Å². The Morgan fingerprint density at radius 1 is 1.19 bits per heavy atom. The number of ether oxygens (including phenoxy) is 1. The average Bonchev–Trinajstić information content (AvgIpc) is 2.68. The number of aromatic carboxylic acids is 1. The minimum absolute atomic E-state index is 0.0318. The molecule has 7 heteroatoms. The summed E-state index contributed by atoms with van der Waals surface area (Å²) >= 11 is 0. The van der Waals surface area contributed by atoms with Crippen molar-refractivity contribution in [1.29, 1.82) is 0 Å². The molecular weight excluding hydrogens is 365 g/mol. The zero-order chi connectivity index (χ0) is 19.2. The molecule has 0 radical (unpaired) electrons. The smallest absolute Gasteiger partial charge is 0.478 e. The Bertz CT molecular complexity index is 790. The highest BCUT2D eigenvalue weighted by Crippen LogP contribution is 2.31. The van der Waals surface area contributed by atoms with Gasteiger partial charge in [-0.2, -0.15) is 4.89 Å². The summed E-state index contributed by atoms with van der Waals surface area (Å²) in [5, 5.41) is 12.6. The molecule has 2 aromatic carbocycles. The number of morpholine rings is 1. The SMILES string of the molecule is O=C(O)c1ccccc1C[C@@H]1CO[C@H](C(Cc2ccccc2)[P+](=O)O)CN1. The molecule has 2 unspecified atom stereocenters. The van der Waals surface area contributed by atoms with Gasteiger partial charge in [-0.15, -0.1) is 0 Å². The van der Waals surface area contributed by atoms with E-state index in [-0.39, 0.29) is 12.1 Å². The maximum absolute atomic E-state index is 11.9. The minimum Gasteiger partial charge on any atom is -0.478 e. The molecule has 0 spiro atoms. The van der Waals surface area contributed by atoms with Gasteiger partial charge < -0.3 is 15.2 Å². The van der Waals surface area contributed by atoms with Gasteiger partial charge in [0, 0.05) is 19.0 Å². The Labute approximate surface area is 159 Å². The normalized spacial score (nSPS) is 21.4. The summed E-state index contributed by atoms with van der Waals surface area (Å²) in [5.41, 5.74) is 1.56. The Hall–Kier alpha value is -2.11. The first-order valence-corrected chi connectivity index (χ1v) is 10.2. The number of hydrogen-bond acceptors (Lipinski definition) is 4. The largest absolute Gasteiger partial charge is 0.511 e. The lowest BCUT2D eigenvalue weighted by molar-refractivity contribution is 0.00130. The molecule has 0 amide bonds. The first-order valence-electron chi connectivity index (χ1n) is 8.90. The van der Waals surface area contributed by atoms with Crippen LogP contribution < -0.4 is 5.32 Å². The number of carbonyl (C=O) groups is 1. The van der Waals surface area contributed by atoms with Crippen molar-refractivity contribution in [2.24, 2.45) is 0 Å². The quantitative estimate of drug-likeness (QED) is 0.631. The van der Waals surface area contributed by atoms with E-state index in [1.807, 2.05) is 36.4 Å². The molecule has 3 N–H and O–H groups in total. The van der Waals surface area contributed by atoms with Gasteiger partial charge in [0.2, 0.25) is 5.66 Å². The van der Waals surface area contributed by atoms with E-state index in [0.717, 1.165) is 11.1 Å². The van der Waals surface area contributed by atoms with Crippen LogP contribution in [-0.2, 0) is 22.1 Å². The third-order valence-electron chi connectivity index (χ3n) is 4.83. The summed E-state index contributed by atoms with van der Waals surface area (Å²) in [6, 6.07) is 16.5. The van der Waals surface area contributed by atoms with Gasteiger partial charge in [-0.1, -0.05) is 48.5 Å². The standard InChI is InChI=1S/C20H22NO5P/c22-20(23)17-9-5-4-8-15(17)11-16-13-26-18(12-21-16)19(27(24)25)10-14-6-2-1-3-7-14/h1-9,16,18-19,21H,10-13H2,(H-,22,23,24,25)/p+1/t16-,18+,19?/m1/s1. The molecular formula is C20H23NO5P+. The highest BCUT2D eigenvalue weighted by molar-refractivity contribution is 7.39. The van der Waals surface area contributed by atoms with Gasteiger partial charge >= 0.3 is 14.0 Å². The Kier molecular flexibility index (Phi) is 6.69. The summed E-state index contributed by atoms with van der Waals surface area (Å²) in [7, 11) is -2.38.